The quantitative estimate of drug-likeness (QED) is 0.626. The zero-order valence-electron chi connectivity index (χ0n) is 13.8. The minimum Gasteiger partial charge on any atom is -0.294 e. The molecular weight excluding hydrogens is 308 g/mol. The molecule has 0 amide bonds. The first-order valence-corrected chi connectivity index (χ1v) is 13.2. The maximum atomic E-state index is 12.9. The molecule has 2 aliphatic rings. The van der Waals surface area contributed by atoms with Gasteiger partial charge in [0.15, 0.2) is 5.78 Å². The van der Waals surface area contributed by atoms with E-state index in [0.717, 1.165) is 31.2 Å². The Bertz CT molecular complexity index is 589. The van der Waals surface area contributed by atoms with Crippen molar-refractivity contribution in [1.29, 1.82) is 0 Å². The van der Waals surface area contributed by atoms with E-state index in [2.05, 4.69) is 31.8 Å². The normalized spacial score (nSPS) is 31.8. The Morgan fingerprint density at radius 3 is 2.36 bits per heavy atom. The molecular formula is C18H26O2SSi. The van der Waals surface area contributed by atoms with Crippen LogP contribution in [0.1, 0.15) is 42.5 Å². The predicted octanol–water partition coefficient (Wildman–Crippen LogP) is 3.49. The average molecular weight is 335 g/mol. The maximum Gasteiger partial charge on any atom is 0.166 e. The molecule has 2 atom stereocenters. The van der Waals surface area contributed by atoms with Crippen molar-refractivity contribution >= 4 is 29.8 Å². The van der Waals surface area contributed by atoms with Gasteiger partial charge in [-0.3, -0.25) is 9.00 Å². The van der Waals surface area contributed by atoms with Crippen molar-refractivity contribution in [2.75, 3.05) is 0 Å². The lowest BCUT2D eigenvalue weighted by Crippen LogP contribution is -2.42. The van der Waals surface area contributed by atoms with E-state index >= 15 is 0 Å². The molecule has 0 radical (unpaired) electrons. The lowest BCUT2D eigenvalue weighted by atomic mass is 9.84. The van der Waals surface area contributed by atoms with Crippen molar-refractivity contribution in [3.05, 3.63) is 29.8 Å². The van der Waals surface area contributed by atoms with Crippen LogP contribution in [-0.4, -0.2) is 28.6 Å². The molecule has 1 aromatic rings. The van der Waals surface area contributed by atoms with Crippen LogP contribution in [0, 0.1) is 5.92 Å². The molecule has 4 heteroatoms. The Labute approximate surface area is 137 Å². The fraction of sp³-hybridized carbons (Fsp3) is 0.611. The van der Waals surface area contributed by atoms with Crippen LogP contribution in [0.25, 0.3) is 0 Å². The third-order valence-corrected chi connectivity index (χ3v) is 9.40. The van der Waals surface area contributed by atoms with Crippen LogP contribution < -0.4 is 5.19 Å². The molecule has 0 spiro atoms. The SMILES string of the molecule is C[Si](C)(C)c1cccc(C(=O)C2CC3CCCC(C2)S3=O)c1. The van der Waals surface area contributed by atoms with Gasteiger partial charge in [-0.1, -0.05) is 55.5 Å². The molecule has 120 valence electrons. The number of fused-ring (bicyclic) bond motifs is 2. The van der Waals surface area contributed by atoms with Crippen LogP contribution in [0.4, 0.5) is 0 Å². The third-order valence-electron chi connectivity index (χ3n) is 5.19. The number of carbonyl (C=O) groups excluding carboxylic acids is 1. The van der Waals surface area contributed by atoms with Crippen molar-refractivity contribution in [2.24, 2.45) is 5.92 Å². The highest BCUT2D eigenvalue weighted by Gasteiger charge is 2.40. The van der Waals surface area contributed by atoms with Gasteiger partial charge in [-0.25, -0.2) is 0 Å². The molecule has 2 unspecified atom stereocenters. The second kappa shape index (κ2) is 6.04. The fourth-order valence-corrected chi connectivity index (χ4v) is 7.19. The number of Topliss-reactive ketones (excluding diaryl/α,β-unsaturated/α-hetero) is 1. The summed E-state index contributed by atoms with van der Waals surface area (Å²) in [7, 11) is -2.09. The molecule has 2 bridgehead atoms. The molecule has 0 aromatic heterocycles. The van der Waals surface area contributed by atoms with Gasteiger partial charge in [0.05, 0.1) is 8.07 Å². The number of carbonyl (C=O) groups is 1. The highest BCUT2D eigenvalue weighted by atomic mass is 32.2. The Balaban J connectivity index is 1.81. The Morgan fingerprint density at radius 2 is 1.77 bits per heavy atom. The van der Waals surface area contributed by atoms with E-state index in [1.54, 1.807) is 0 Å². The number of hydrogen-bond acceptors (Lipinski definition) is 2. The van der Waals surface area contributed by atoms with Crippen LogP contribution in [0.5, 0.6) is 0 Å². The Hall–Kier alpha value is -0.743. The first-order chi connectivity index (χ1) is 10.4. The molecule has 1 aromatic carbocycles. The van der Waals surface area contributed by atoms with Gasteiger partial charge < -0.3 is 0 Å². The summed E-state index contributed by atoms with van der Waals surface area (Å²) in [5.41, 5.74) is 0.871. The van der Waals surface area contributed by atoms with E-state index in [4.69, 9.17) is 0 Å². The Morgan fingerprint density at radius 1 is 1.14 bits per heavy atom. The summed E-state index contributed by atoms with van der Waals surface area (Å²) in [6, 6.07) is 8.28. The number of hydrogen-bond donors (Lipinski definition) is 0. The molecule has 22 heavy (non-hydrogen) atoms. The first kappa shape index (κ1) is 16.1. The van der Waals surface area contributed by atoms with E-state index < -0.39 is 18.9 Å². The van der Waals surface area contributed by atoms with Gasteiger partial charge in [-0.15, -0.1) is 0 Å². The van der Waals surface area contributed by atoms with Gasteiger partial charge in [-0.2, -0.15) is 0 Å². The molecule has 0 saturated carbocycles. The van der Waals surface area contributed by atoms with E-state index in [9.17, 15) is 9.00 Å². The van der Waals surface area contributed by atoms with Crippen LogP contribution in [0.15, 0.2) is 24.3 Å². The second-order valence-corrected chi connectivity index (χ2v) is 14.9. The summed E-state index contributed by atoms with van der Waals surface area (Å²) in [6.45, 7) is 6.93. The maximum absolute atomic E-state index is 12.9. The van der Waals surface area contributed by atoms with E-state index in [0.29, 0.717) is 0 Å². The predicted molar refractivity (Wildman–Crippen MR) is 96.0 cm³/mol. The van der Waals surface area contributed by atoms with Crippen LogP contribution in [0.2, 0.25) is 19.6 Å². The molecule has 2 aliphatic heterocycles. The van der Waals surface area contributed by atoms with Crippen LogP contribution in [-0.2, 0) is 10.8 Å². The van der Waals surface area contributed by atoms with Gasteiger partial charge >= 0.3 is 0 Å². The van der Waals surface area contributed by atoms with Crippen molar-refractivity contribution in [3.63, 3.8) is 0 Å². The summed E-state index contributed by atoms with van der Waals surface area (Å²) in [6.07, 6.45) is 4.94. The van der Waals surface area contributed by atoms with Crippen molar-refractivity contribution in [3.8, 4) is 0 Å². The molecule has 3 rings (SSSR count). The molecule has 2 saturated heterocycles. The molecule has 0 N–H and O–H groups in total. The minimum atomic E-state index is -1.39. The highest BCUT2D eigenvalue weighted by molar-refractivity contribution is 7.86. The zero-order chi connectivity index (χ0) is 15.9. The summed E-state index contributed by atoms with van der Waals surface area (Å²) >= 11 is 0. The first-order valence-electron chi connectivity index (χ1n) is 8.40. The number of ketones is 1. The summed E-state index contributed by atoms with van der Waals surface area (Å²) in [5.74, 6) is 0.374. The van der Waals surface area contributed by atoms with Gasteiger partial charge in [0.25, 0.3) is 0 Å². The number of rotatable bonds is 3. The highest BCUT2D eigenvalue weighted by Crippen LogP contribution is 2.38. The summed E-state index contributed by atoms with van der Waals surface area (Å²) < 4.78 is 12.3. The van der Waals surface area contributed by atoms with Crippen molar-refractivity contribution < 1.29 is 9.00 Å². The minimum absolute atomic E-state index is 0.0879. The van der Waals surface area contributed by atoms with E-state index in [1.807, 2.05) is 12.1 Å². The standard InChI is InChI=1S/C18H26O2SSi/c1-22(2,3)17-9-4-6-13(12-17)18(19)14-10-15-7-5-8-16(11-14)21(15)20/h4,6,9,12,14-16H,5,7-8,10-11H2,1-3H3. The topological polar surface area (TPSA) is 34.1 Å². The number of benzene rings is 1. The Kier molecular flexibility index (Phi) is 4.43. The third kappa shape index (κ3) is 3.13. The molecule has 2 fully saturated rings. The van der Waals surface area contributed by atoms with Crippen molar-refractivity contribution in [2.45, 2.75) is 62.2 Å². The van der Waals surface area contributed by atoms with Gasteiger partial charge in [0.1, 0.15) is 0 Å². The van der Waals surface area contributed by atoms with Gasteiger partial charge in [0, 0.05) is 32.8 Å². The summed E-state index contributed by atoms with van der Waals surface area (Å²) in [5, 5.41) is 1.88. The molecule has 0 aliphatic carbocycles. The smallest absolute Gasteiger partial charge is 0.166 e. The summed E-state index contributed by atoms with van der Waals surface area (Å²) in [4.78, 5) is 12.9. The van der Waals surface area contributed by atoms with E-state index in [-0.39, 0.29) is 22.2 Å². The molecule has 2 heterocycles. The van der Waals surface area contributed by atoms with Gasteiger partial charge in [-0.05, 0) is 25.7 Å². The monoisotopic (exact) mass is 334 g/mol. The van der Waals surface area contributed by atoms with Gasteiger partial charge in [0.2, 0.25) is 0 Å². The van der Waals surface area contributed by atoms with Crippen LogP contribution in [0.3, 0.4) is 0 Å². The largest absolute Gasteiger partial charge is 0.294 e. The lowest BCUT2D eigenvalue weighted by molar-refractivity contribution is 0.0895. The van der Waals surface area contributed by atoms with Crippen LogP contribution >= 0.6 is 0 Å². The molecule has 2 nitrogen and oxygen atoms in total. The van der Waals surface area contributed by atoms with Crippen molar-refractivity contribution in [1.82, 2.24) is 0 Å². The van der Waals surface area contributed by atoms with E-state index in [1.165, 1.54) is 11.6 Å². The zero-order valence-corrected chi connectivity index (χ0v) is 15.6. The average Bonchev–Trinajstić information content (AvgIpc) is 2.45. The fourth-order valence-electron chi connectivity index (χ4n) is 3.82. The second-order valence-electron chi connectivity index (χ2n) is 7.87. The lowest BCUT2D eigenvalue weighted by Gasteiger charge is -2.37.